The highest BCUT2D eigenvalue weighted by atomic mass is 35.5. The van der Waals surface area contributed by atoms with Crippen molar-refractivity contribution in [1.82, 2.24) is 10.2 Å². The van der Waals surface area contributed by atoms with Crippen LogP contribution in [0.3, 0.4) is 0 Å². The van der Waals surface area contributed by atoms with Crippen molar-refractivity contribution in [3.05, 3.63) is 53.1 Å². The van der Waals surface area contributed by atoms with Crippen molar-refractivity contribution in [3.8, 4) is 11.5 Å². The molecule has 3 rings (SSSR count). The average Bonchev–Trinajstić information content (AvgIpc) is 2.90. The lowest BCUT2D eigenvalue weighted by Crippen LogP contribution is -2.51. The number of hydrogen-bond donors (Lipinski definition) is 1. The molecule has 0 saturated heterocycles. The molecule has 202 valence electrons. The number of fused-ring (bicyclic) bond motifs is 1. The van der Waals surface area contributed by atoms with Crippen molar-refractivity contribution < 1.29 is 27.5 Å². The third-order valence-corrected chi connectivity index (χ3v) is 8.20. The van der Waals surface area contributed by atoms with Crippen LogP contribution in [-0.2, 0) is 26.2 Å². The molecule has 11 heteroatoms. The molecule has 1 heterocycles. The maximum Gasteiger partial charge on any atom is 0.244 e. The lowest BCUT2D eigenvalue weighted by molar-refractivity contribution is -0.139. The van der Waals surface area contributed by atoms with E-state index in [0.717, 1.165) is 17.1 Å². The van der Waals surface area contributed by atoms with E-state index in [1.807, 2.05) is 6.92 Å². The summed E-state index contributed by atoms with van der Waals surface area (Å²) in [5.74, 6) is -0.160. The van der Waals surface area contributed by atoms with Crippen molar-refractivity contribution in [2.45, 2.75) is 46.2 Å². The van der Waals surface area contributed by atoms with Crippen molar-refractivity contribution >= 4 is 39.1 Å². The number of rotatable bonds is 12. The number of benzene rings is 2. The molecule has 0 bridgehead atoms. The van der Waals surface area contributed by atoms with Gasteiger partial charge in [-0.15, -0.1) is 0 Å². The Bertz CT molecular complexity index is 1210. The Morgan fingerprint density at radius 2 is 1.78 bits per heavy atom. The van der Waals surface area contributed by atoms with Crippen LogP contribution >= 0.6 is 11.6 Å². The van der Waals surface area contributed by atoms with Gasteiger partial charge in [0, 0.05) is 24.2 Å². The summed E-state index contributed by atoms with van der Waals surface area (Å²) in [7, 11) is -3.85. The van der Waals surface area contributed by atoms with E-state index >= 15 is 0 Å². The van der Waals surface area contributed by atoms with Gasteiger partial charge >= 0.3 is 0 Å². The Hall–Kier alpha value is -2.98. The molecule has 0 fully saturated rings. The van der Waals surface area contributed by atoms with Gasteiger partial charge in [-0.25, -0.2) is 8.42 Å². The van der Waals surface area contributed by atoms with Crippen LogP contribution in [0.25, 0.3) is 0 Å². The van der Waals surface area contributed by atoms with Crippen LogP contribution in [0.15, 0.2) is 42.5 Å². The minimum absolute atomic E-state index is 0.0437. The van der Waals surface area contributed by atoms with Crippen molar-refractivity contribution in [2.24, 2.45) is 0 Å². The highest BCUT2D eigenvalue weighted by Gasteiger charge is 2.31. The highest BCUT2D eigenvalue weighted by molar-refractivity contribution is 7.92. The summed E-state index contributed by atoms with van der Waals surface area (Å²) in [6, 6.07) is 10.9. The number of carbonyl (C=O) groups excluding carboxylic acids is 2. The number of hydrogen-bond acceptors (Lipinski definition) is 6. The Balaban J connectivity index is 1.93. The molecule has 37 heavy (non-hydrogen) atoms. The van der Waals surface area contributed by atoms with E-state index in [2.05, 4.69) is 5.32 Å². The van der Waals surface area contributed by atoms with Gasteiger partial charge in [0.15, 0.2) is 11.5 Å². The van der Waals surface area contributed by atoms with Crippen LogP contribution in [0.5, 0.6) is 11.5 Å². The smallest absolute Gasteiger partial charge is 0.244 e. The highest BCUT2D eigenvalue weighted by Crippen LogP contribution is 2.35. The number of ether oxygens (including phenoxy) is 2. The Morgan fingerprint density at radius 1 is 1.08 bits per heavy atom. The maximum absolute atomic E-state index is 13.7. The van der Waals surface area contributed by atoms with Crippen LogP contribution in [0.1, 0.15) is 39.2 Å². The molecule has 0 spiro atoms. The molecule has 0 aromatic heterocycles. The molecule has 0 radical (unpaired) electrons. The number of sulfonamides is 1. The molecule has 0 unspecified atom stereocenters. The zero-order chi connectivity index (χ0) is 27.0. The summed E-state index contributed by atoms with van der Waals surface area (Å²) < 4.78 is 38.4. The van der Waals surface area contributed by atoms with Crippen molar-refractivity contribution in [2.75, 3.05) is 36.4 Å². The third kappa shape index (κ3) is 7.29. The molecule has 1 aliphatic heterocycles. The monoisotopic (exact) mass is 551 g/mol. The van der Waals surface area contributed by atoms with E-state index in [1.165, 1.54) is 11.8 Å². The summed E-state index contributed by atoms with van der Waals surface area (Å²) in [5.41, 5.74) is 0.923. The van der Waals surface area contributed by atoms with E-state index in [1.54, 1.807) is 49.4 Å². The molecule has 2 aromatic rings. The average molecular weight is 552 g/mol. The van der Waals surface area contributed by atoms with Gasteiger partial charge in [0.05, 0.1) is 11.4 Å². The second-order valence-electron chi connectivity index (χ2n) is 8.67. The van der Waals surface area contributed by atoms with Gasteiger partial charge in [0.25, 0.3) is 0 Å². The minimum atomic E-state index is -3.85. The van der Waals surface area contributed by atoms with Crippen LogP contribution in [-0.4, -0.2) is 63.2 Å². The molecular weight excluding hydrogens is 518 g/mol. The third-order valence-electron chi connectivity index (χ3n) is 6.09. The SMILES string of the molecule is CCCCNC(=O)[C@@H](C)N(Cc1ccccc1Cl)C(=O)CN(c1ccc2c(c1)OCCO2)S(=O)(=O)CC. The Kier molecular flexibility index (Phi) is 10.0. The molecule has 2 amide bonds. The second kappa shape index (κ2) is 13.0. The molecule has 9 nitrogen and oxygen atoms in total. The van der Waals surface area contributed by atoms with Gasteiger partial charge in [-0.2, -0.15) is 0 Å². The molecule has 1 N–H and O–H groups in total. The summed E-state index contributed by atoms with van der Waals surface area (Å²) in [4.78, 5) is 28.0. The number of unbranched alkanes of at least 4 members (excludes halogenated alkanes) is 1. The van der Waals surface area contributed by atoms with Crippen molar-refractivity contribution in [1.29, 1.82) is 0 Å². The lowest BCUT2D eigenvalue weighted by Gasteiger charge is -2.32. The van der Waals surface area contributed by atoms with Crippen molar-refractivity contribution in [3.63, 3.8) is 0 Å². The first-order valence-corrected chi connectivity index (χ1v) is 14.4. The molecule has 1 aliphatic rings. The van der Waals surface area contributed by atoms with Crippen LogP contribution in [0.4, 0.5) is 5.69 Å². The van der Waals surface area contributed by atoms with E-state index < -0.39 is 28.5 Å². The van der Waals surface area contributed by atoms with Gasteiger partial charge in [-0.3, -0.25) is 13.9 Å². The summed E-state index contributed by atoms with van der Waals surface area (Å²) in [5, 5.41) is 3.30. The first-order chi connectivity index (χ1) is 17.7. The standard InChI is InChI=1S/C26H34ClN3O6S/c1-4-6-13-28-26(32)19(3)29(17-20-9-7-8-10-22(20)27)25(31)18-30(37(33,34)5-2)21-11-12-23-24(16-21)36-15-14-35-23/h7-12,16,19H,4-6,13-15,17-18H2,1-3H3,(H,28,32)/t19-/m1/s1. The number of amides is 2. The minimum Gasteiger partial charge on any atom is -0.486 e. The zero-order valence-electron chi connectivity index (χ0n) is 21.4. The van der Waals surface area contributed by atoms with Gasteiger partial charge in [0.2, 0.25) is 21.8 Å². The van der Waals surface area contributed by atoms with Gasteiger partial charge in [0.1, 0.15) is 25.8 Å². The van der Waals surface area contributed by atoms with Crippen LogP contribution in [0, 0.1) is 0 Å². The number of anilines is 1. The van der Waals surface area contributed by atoms with E-state index in [4.69, 9.17) is 21.1 Å². The fourth-order valence-corrected chi connectivity index (χ4v) is 5.08. The van der Waals surface area contributed by atoms with E-state index in [0.29, 0.717) is 41.8 Å². The molecule has 0 aliphatic carbocycles. The summed E-state index contributed by atoms with van der Waals surface area (Å²) >= 11 is 6.35. The normalized spacial score (nSPS) is 13.5. The van der Waals surface area contributed by atoms with Gasteiger partial charge < -0.3 is 19.7 Å². The van der Waals surface area contributed by atoms with Gasteiger partial charge in [-0.05, 0) is 44.0 Å². The molecule has 0 saturated carbocycles. The van der Waals surface area contributed by atoms with E-state index in [9.17, 15) is 18.0 Å². The summed E-state index contributed by atoms with van der Waals surface area (Å²) in [6.45, 7) is 5.93. The van der Waals surface area contributed by atoms with E-state index in [-0.39, 0.29) is 23.9 Å². The quantitative estimate of drug-likeness (QED) is 0.404. The fourth-order valence-electron chi connectivity index (χ4n) is 3.84. The zero-order valence-corrected chi connectivity index (χ0v) is 23.0. The van der Waals surface area contributed by atoms with Gasteiger partial charge in [-0.1, -0.05) is 43.1 Å². The number of nitrogens with zero attached hydrogens (tertiary/aromatic N) is 2. The Labute approximate surface area is 223 Å². The van der Waals surface area contributed by atoms with Crippen LogP contribution in [0.2, 0.25) is 5.02 Å². The fraction of sp³-hybridized carbons (Fsp3) is 0.462. The number of carbonyl (C=O) groups is 2. The Morgan fingerprint density at radius 3 is 2.46 bits per heavy atom. The lowest BCUT2D eigenvalue weighted by atomic mass is 10.1. The molecule has 2 aromatic carbocycles. The summed E-state index contributed by atoms with van der Waals surface area (Å²) in [6.07, 6.45) is 1.72. The topological polar surface area (TPSA) is 105 Å². The first kappa shape index (κ1) is 28.6. The number of nitrogens with one attached hydrogen (secondary N) is 1. The number of halogens is 1. The largest absolute Gasteiger partial charge is 0.486 e. The molecular formula is C26H34ClN3O6S. The first-order valence-electron chi connectivity index (χ1n) is 12.4. The molecule has 1 atom stereocenters. The predicted molar refractivity (Wildman–Crippen MR) is 144 cm³/mol. The predicted octanol–water partition coefficient (Wildman–Crippen LogP) is 3.60. The maximum atomic E-state index is 13.7. The van der Waals surface area contributed by atoms with Crippen LogP contribution < -0.4 is 19.1 Å². The second-order valence-corrected chi connectivity index (χ2v) is 11.3.